The van der Waals surface area contributed by atoms with E-state index in [1.54, 1.807) is 44.2 Å². The molecule has 0 radical (unpaired) electrons. The molecular formula is C16H15ClN2O4. The summed E-state index contributed by atoms with van der Waals surface area (Å²) in [6.07, 6.45) is -0.785. The number of hydrogen-bond acceptors (Lipinski definition) is 4. The molecule has 0 saturated carbocycles. The minimum atomic E-state index is -0.785. The largest absolute Gasteiger partial charge is 0.481 e. The quantitative estimate of drug-likeness (QED) is 0.662. The summed E-state index contributed by atoms with van der Waals surface area (Å²) < 4.78 is 5.52. The lowest BCUT2D eigenvalue weighted by Crippen LogP contribution is -2.30. The van der Waals surface area contributed by atoms with Gasteiger partial charge in [-0.25, -0.2) is 0 Å². The summed E-state index contributed by atoms with van der Waals surface area (Å²) in [6, 6.07) is 11.2. The zero-order valence-electron chi connectivity index (χ0n) is 12.6. The molecule has 2 rings (SSSR count). The van der Waals surface area contributed by atoms with Crippen molar-refractivity contribution >= 4 is 28.9 Å². The monoisotopic (exact) mass is 334 g/mol. The lowest BCUT2D eigenvalue weighted by Gasteiger charge is -2.15. The van der Waals surface area contributed by atoms with Gasteiger partial charge in [-0.1, -0.05) is 23.7 Å². The molecule has 1 atom stereocenters. The minimum absolute atomic E-state index is 0.0498. The van der Waals surface area contributed by atoms with Crippen molar-refractivity contribution < 1.29 is 14.5 Å². The molecule has 0 aliphatic rings. The summed E-state index contributed by atoms with van der Waals surface area (Å²) in [6.45, 7) is 3.17. The zero-order valence-corrected chi connectivity index (χ0v) is 13.3. The molecule has 0 heterocycles. The molecule has 0 fully saturated rings. The third-order valence-electron chi connectivity index (χ3n) is 3.24. The van der Waals surface area contributed by atoms with Gasteiger partial charge >= 0.3 is 0 Å². The first-order valence-corrected chi connectivity index (χ1v) is 7.23. The van der Waals surface area contributed by atoms with Crippen molar-refractivity contribution in [2.45, 2.75) is 20.0 Å². The first-order chi connectivity index (χ1) is 10.9. The fourth-order valence-corrected chi connectivity index (χ4v) is 2.17. The highest BCUT2D eigenvalue weighted by Crippen LogP contribution is 2.25. The molecule has 2 aromatic rings. The Labute approximate surface area is 138 Å². The molecule has 0 aliphatic heterocycles. The first-order valence-electron chi connectivity index (χ1n) is 6.85. The van der Waals surface area contributed by atoms with Crippen LogP contribution in [0.1, 0.15) is 12.5 Å². The summed E-state index contributed by atoms with van der Waals surface area (Å²) in [5, 5.41) is 14.1. The van der Waals surface area contributed by atoms with Crippen LogP contribution in [0.3, 0.4) is 0 Å². The third-order valence-corrected chi connectivity index (χ3v) is 3.47. The molecular weight excluding hydrogens is 320 g/mol. The Bertz CT molecular complexity index is 749. The number of carbonyl (C=O) groups excluding carboxylic acids is 1. The maximum atomic E-state index is 12.2. The van der Waals surface area contributed by atoms with Crippen LogP contribution >= 0.6 is 11.6 Å². The van der Waals surface area contributed by atoms with Crippen LogP contribution in [0.5, 0.6) is 5.75 Å². The molecule has 1 unspecified atom stereocenters. The second-order valence-corrected chi connectivity index (χ2v) is 5.35. The summed E-state index contributed by atoms with van der Waals surface area (Å²) in [7, 11) is 0. The molecule has 0 aromatic heterocycles. The molecule has 7 heteroatoms. The van der Waals surface area contributed by atoms with Crippen LogP contribution in [0, 0.1) is 17.0 Å². The zero-order chi connectivity index (χ0) is 17.0. The van der Waals surface area contributed by atoms with Crippen LogP contribution in [-0.4, -0.2) is 16.9 Å². The van der Waals surface area contributed by atoms with Crippen LogP contribution in [0.2, 0.25) is 5.02 Å². The Balaban J connectivity index is 2.10. The lowest BCUT2D eigenvalue weighted by atomic mass is 10.1. The van der Waals surface area contributed by atoms with Crippen LogP contribution < -0.4 is 10.1 Å². The average molecular weight is 335 g/mol. The molecule has 0 bridgehead atoms. The Morgan fingerprint density at radius 1 is 1.30 bits per heavy atom. The molecule has 0 saturated heterocycles. The van der Waals surface area contributed by atoms with Gasteiger partial charge in [0.15, 0.2) is 6.10 Å². The van der Waals surface area contributed by atoms with E-state index in [4.69, 9.17) is 16.3 Å². The fourth-order valence-electron chi connectivity index (χ4n) is 1.99. The highest BCUT2D eigenvalue weighted by atomic mass is 35.5. The molecule has 0 aliphatic carbocycles. The number of anilines is 1. The van der Waals surface area contributed by atoms with Crippen LogP contribution in [0.25, 0.3) is 0 Å². The summed E-state index contributed by atoms with van der Waals surface area (Å²) in [5.41, 5.74) is 0.720. The maximum absolute atomic E-state index is 12.2. The smallest absolute Gasteiger partial charge is 0.274 e. The van der Waals surface area contributed by atoms with Gasteiger partial charge < -0.3 is 10.1 Å². The second kappa shape index (κ2) is 7.11. The predicted molar refractivity (Wildman–Crippen MR) is 88.0 cm³/mol. The number of halogens is 1. The van der Waals surface area contributed by atoms with Gasteiger partial charge in [-0.2, -0.15) is 0 Å². The van der Waals surface area contributed by atoms with Crippen molar-refractivity contribution in [3.05, 3.63) is 63.2 Å². The van der Waals surface area contributed by atoms with E-state index in [0.29, 0.717) is 22.0 Å². The van der Waals surface area contributed by atoms with Crippen molar-refractivity contribution in [1.82, 2.24) is 0 Å². The Morgan fingerprint density at radius 2 is 2.00 bits per heavy atom. The van der Waals surface area contributed by atoms with Gasteiger partial charge in [-0.05, 0) is 38.1 Å². The lowest BCUT2D eigenvalue weighted by molar-refractivity contribution is -0.385. The maximum Gasteiger partial charge on any atom is 0.274 e. The van der Waals surface area contributed by atoms with E-state index in [1.165, 1.54) is 12.1 Å². The van der Waals surface area contributed by atoms with E-state index in [2.05, 4.69) is 5.32 Å². The SMILES string of the molecule is Cc1c(NC(=O)C(C)Oc2cccc(Cl)c2)cccc1[N+](=O)[O-]. The number of nitro groups is 1. The molecule has 0 spiro atoms. The number of ether oxygens (including phenoxy) is 1. The number of benzene rings is 2. The average Bonchev–Trinajstić information content (AvgIpc) is 2.49. The van der Waals surface area contributed by atoms with Crippen molar-refractivity contribution in [1.29, 1.82) is 0 Å². The highest BCUT2D eigenvalue weighted by Gasteiger charge is 2.19. The molecule has 23 heavy (non-hydrogen) atoms. The Hall–Kier alpha value is -2.60. The van der Waals surface area contributed by atoms with Gasteiger partial charge in [0.2, 0.25) is 0 Å². The summed E-state index contributed by atoms with van der Waals surface area (Å²) in [4.78, 5) is 22.6. The number of nitrogens with zero attached hydrogens (tertiary/aromatic N) is 1. The molecule has 1 amide bonds. The molecule has 2 aromatic carbocycles. The number of nitro benzene ring substituents is 1. The van der Waals surface area contributed by atoms with Crippen LogP contribution in [-0.2, 0) is 4.79 Å². The van der Waals surface area contributed by atoms with Crippen molar-refractivity contribution in [2.75, 3.05) is 5.32 Å². The standard InChI is InChI=1S/C16H15ClN2O4/c1-10-14(7-4-8-15(10)19(21)22)18-16(20)11(2)23-13-6-3-5-12(17)9-13/h3-9,11H,1-2H3,(H,18,20). The Morgan fingerprint density at radius 3 is 2.65 bits per heavy atom. The summed E-state index contributed by atoms with van der Waals surface area (Å²) in [5.74, 6) is 0.0597. The van der Waals surface area contributed by atoms with E-state index in [9.17, 15) is 14.9 Å². The fraction of sp³-hybridized carbons (Fsp3) is 0.188. The van der Waals surface area contributed by atoms with E-state index < -0.39 is 16.9 Å². The van der Waals surface area contributed by atoms with Crippen LogP contribution in [0.15, 0.2) is 42.5 Å². The number of rotatable bonds is 5. The first kappa shape index (κ1) is 16.8. The second-order valence-electron chi connectivity index (χ2n) is 4.91. The summed E-state index contributed by atoms with van der Waals surface area (Å²) >= 11 is 5.86. The molecule has 120 valence electrons. The van der Waals surface area contributed by atoms with Crippen molar-refractivity contribution in [3.8, 4) is 5.75 Å². The molecule has 1 N–H and O–H groups in total. The van der Waals surface area contributed by atoms with Gasteiger partial charge in [0.1, 0.15) is 5.75 Å². The van der Waals surface area contributed by atoms with E-state index >= 15 is 0 Å². The van der Waals surface area contributed by atoms with Crippen molar-refractivity contribution in [3.63, 3.8) is 0 Å². The van der Waals surface area contributed by atoms with Gasteiger partial charge in [0, 0.05) is 11.1 Å². The van der Waals surface area contributed by atoms with Gasteiger partial charge in [-0.3, -0.25) is 14.9 Å². The Kier molecular flexibility index (Phi) is 5.18. The number of hydrogen-bond donors (Lipinski definition) is 1. The van der Waals surface area contributed by atoms with E-state index in [1.807, 2.05) is 0 Å². The van der Waals surface area contributed by atoms with Gasteiger partial charge in [0.25, 0.3) is 11.6 Å². The van der Waals surface area contributed by atoms with E-state index in [0.717, 1.165) is 0 Å². The van der Waals surface area contributed by atoms with Gasteiger partial charge in [-0.15, -0.1) is 0 Å². The molecule has 6 nitrogen and oxygen atoms in total. The minimum Gasteiger partial charge on any atom is -0.481 e. The normalized spacial score (nSPS) is 11.6. The highest BCUT2D eigenvalue weighted by molar-refractivity contribution is 6.30. The van der Waals surface area contributed by atoms with Crippen LogP contribution in [0.4, 0.5) is 11.4 Å². The number of amides is 1. The number of carbonyl (C=O) groups is 1. The van der Waals surface area contributed by atoms with Crippen molar-refractivity contribution in [2.24, 2.45) is 0 Å². The number of nitrogens with one attached hydrogen (secondary N) is 1. The third kappa shape index (κ3) is 4.20. The van der Waals surface area contributed by atoms with Gasteiger partial charge in [0.05, 0.1) is 16.2 Å². The topological polar surface area (TPSA) is 81.5 Å². The predicted octanol–water partition coefficient (Wildman–Crippen LogP) is 3.96. The van der Waals surface area contributed by atoms with E-state index in [-0.39, 0.29) is 5.69 Å².